The molecular formula is C32H43N5O6. The minimum Gasteiger partial charge on any atom is -0.481 e. The lowest BCUT2D eigenvalue weighted by atomic mass is 9.84. The van der Waals surface area contributed by atoms with Crippen molar-refractivity contribution in [3.63, 3.8) is 0 Å². The summed E-state index contributed by atoms with van der Waals surface area (Å²) >= 11 is 0. The van der Waals surface area contributed by atoms with Gasteiger partial charge in [0.15, 0.2) is 11.5 Å². The van der Waals surface area contributed by atoms with E-state index in [1.807, 2.05) is 47.4 Å². The third-order valence-electron chi connectivity index (χ3n) is 8.90. The fourth-order valence-electron chi connectivity index (χ4n) is 6.59. The van der Waals surface area contributed by atoms with Crippen LogP contribution in [0.25, 0.3) is 0 Å². The molecule has 3 aliphatic heterocycles. The van der Waals surface area contributed by atoms with Gasteiger partial charge in [0.05, 0.1) is 12.5 Å². The van der Waals surface area contributed by atoms with Crippen molar-refractivity contribution in [2.24, 2.45) is 11.7 Å². The molecule has 1 unspecified atom stereocenters. The smallest absolute Gasteiger partial charge is 0.319 e. The molecule has 0 aliphatic carbocycles. The maximum absolute atomic E-state index is 14.0. The molecule has 0 bridgehead atoms. The molecule has 0 radical (unpaired) electrons. The number of carbonyl (C=O) groups is 3. The summed E-state index contributed by atoms with van der Waals surface area (Å²) in [5.74, 6) is -0.902. The number of unbranched alkanes of at least 4 members (excludes halogenated alkanes) is 1. The van der Waals surface area contributed by atoms with Gasteiger partial charge in [0, 0.05) is 64.0 Å². The number of likely N-dealkylation sites (tertiary alicyclic amines) is 1. The molecule has 2 aromatic rings. The highest BCUT2D eigenvalue weighted by Crippen LogP contribution is 2.43. The van der Waals surface area contributed by atoms with Crippen molar-refractivity contribution in [2.45, 2.75) is 51.1 Å². The molecule has 11 nitrogen and oxygen atoms in total. The second-order valence-corrected chi connectivity index (χ2v) is 11.7. The third-order valence-corrected chi connectivity index (χ3v) is 8.90. The first-order valence-electron chi connectivity index (χ1n) is 15.3. The molecule has 3 atom stereocenters. The molecule has 0 spiro atoms. The highest BCUT2D eigenvalue weighted by Gasteiger charge is 2.47. The third kappa shape index (κ3) is 6.73. The van der Waals surface area contributed by atoms with Crippen LogP contribution in [0.5, 0.6) is 11.5 Å². The molecule has 232 valence electrons. The minimum absolute atomic E-state index is 0.0448. The van der Waals surface area contributed by atoms with E-state index in [0.29, 0.717) is 57.2 Å². The highest BCUT2D eigenvalue weighted by molar-refractivity contribution is 5.95. The molecule has 3 aliphatic rings. The van der Waals surface area contributed by atoms with Crippen LogP contribution in [-0.2, 0) is 16.1 Å². The number of benzene rings is 2. The molecule has 2 aromatic carbocycles. The van der Waals surface area contributed by atoms with E-state index in [0.717, 1.165) is 36.1 Å². The zero-order chi connectivity index (χ0) is 30.5. The van der Waals surface area contributed by atoms with E-state index in [9.17, 15) is 19.5 Å². The van der Waals surface area contributed by atoms with Crippen molar-refractivity contribution in [1.82, 2.24) is 14.7 Å². The van der Waals surface area contributed by atoms with Crippen molar-refractivity contribution < 1.29 is 29.0 Å². The number of nitrogens with zero attached hydrogens (tertiary/aromatic N) is 4. The van der Waals surface area contributed by atoms with Crippen LogP contribution in [0.3, 0.4) is 0 Å². The number of hydrogen-bond donors (Lipinski definition) is 2. The molecule has 3 heterocycles. The van der Waals surface area contributed by atoms with Gasteiger partial charge in [-0.15, -0.1) is 0 Å². The highest BCUT2D eigenvalue weighted by atomic mass is 16.7. The summed E-state index contributed by atoms with van der Waals surface area (Å²) in [6.07, 6.45) is 3.08. The van der Waals surface area contributed by atoms with E-state index in [2.05, 4.69) is 6.92 Å². The summed E-state index contributed by atoms with van der Waals surface area (Å²) in [6.45, 7) is 5.39. The molecule has 5 rings (SSSR count). The summed E-state index contributed by atoms with van der Waals surface area (Å²) in [5.41, 5.74) is 8.46. The van der Waals surface area contributed by atoms with Crippen molar-refractivity contribution in [2.75, 3.05) is 58.0 Å². The van der Waals surface area contributed by atoms with Crippen molar-refractivity contribution in [3.05, 3.63) is 53.6 Å². The van der Waals surface area contributed by atoms with Gasteiger partial charge >= 0.3 is 12.0 Å². The first-order chi connectivity index (χ1) is 20.8. The number of fused-ring (bicyclic) bond motifs is 1. The predicted molar refractivity (Wildman–Crippen MR) is 162 cm³/mol. The van der Waals surface area contributed by atoms with Crippen LogP contribution in [0, 0.1) is 5.92 Å². The lowest BCUT2D eigenvalue weighted by Gasteiger charge is -2.35. The number of anilines is 1. The number of aliphatic carboxylic acids is 1. The summed E-state index contributed by atoms with van der Waals surface area (Å²) in [5, 5.41) is 10.6. The molecule has 43 heavy (non-hydrogen) atoms. The lowest BCUT2D eigenvalue weighted by Crippen LogP contribution is -2.50. The molecule has 0 aromatic heterocycles. The average Bonchev–Trinajstić information content (AvgIpc) is 3.62. The number of urea groups is 1. The molecule has 2 fully saturated rings. The minimum atomic E-state index is -0.914. The standard InChI is InChI=1S/C32H43N5O6/c1-3-4-14-37(24-8-5-7-22(16-24)18-33)29(38)20-36-19-25(23-9-10-27-28(17-23)43-21-42-27)30(31(39)40)26(36)11-15-35-13-6-12-34(2)32(35)41/h5,7-10,16-17,25-26,30H,3-4,6,11-15,18-21,33H2,1-2H3,(H,39,40)/t25-,26+,30?/m1/s1. The Bertz CT molecular complexity index is 1320. The van der Waals surface area contributed by atoms with Crippen molar-refractivity contribution in [1.29, 1.82) is 0 Å². The van der Waals surface area contributed by atoms with Gasteiger partial charge in [0.1, 0.15) is 0 Å². The number of rotatable bonds is 12. The topological polar surface area (TPSA) is 129 Å². The molecule has 2 saturated heterocycles. The van der Waals surface area contributed by atoms with E-state index < -0.39 is 17.9 Å². The molecule has 3 N–H and O–H groups in total. The first kappa shape index (κ1) is 30.6. The van der Waals surface area contributed by atoms with Gasteiger partial charge in [-0.05, 0) is 54.7 Å². The SMILES string of the molecule is CCCCN(C(=O)CN1C[C@H](c2ccc3c(c2)OCO3)C(C(=O)O)[C@@H]1CCN1CCCN(C)C1=O)c1cccc(CN)c1. The number of ether oxygens (including phenoxy) is 2. The Morgan fingerprint density at radius 1 is 1.12 bits per heavy atom. The van der Waals surface area contributed by atoms with Crippen LogP contribution in [0.1, 0.15) is 49.7 Å². The van der Waals surface area contributed by atoms with E-state index in [-0.39, 0.29) is 31.2 Å². The Balaban J connectivity index is 1.43. The van der Waals surface area contributed by atoms with Gasteiger partial charge in [0.25, 0.3) is 0 Å². The van der Waals surface area contributed by atoms with Gasteiger partial charge in [-0.25, -0.2) is 4.79 Å². The number of carbonyl (C=O) groups excluding carboxylic acids is 2. The fraction of sp³-hybridized carbons (Fsp3) is 0.531. The predicted octanol–water partition coefficient (Wildman–Crippen LogP) is 3.32. The van der Waals surface area contributed by atoms with Gasteiger partial charge in [-0.2, -0.15) is 0 Å². The maximum Gasteiger partial charge on any atom is 0.319 e. The van der Waals surface area contributed by atoms with Crippen LogP contribution < -0.4 is 20.1 Å². The average molecular weight is 594 g/mol. The number of carboxylic acid groups (broad SMARTS) is 1. The quantitative estimate of drug-likeness (QED) is 0.384. The van der Waals surface area contributed by atoms with E-state index in [1.54, 1.807) is 21.7 Å². The summed E-state index contributed by atoms with van der Waals surface area (Å²) < 4.78 is 11.1. The second-order valence-electron chi connectivity index (χ2n) is 11.7. The Morgan fingerprint density at radius 3 is 2.70 bits per heavy atom. The van der Waals surface area contributed by atoms with Crippen LogP contribution in [-0.4, -0.2) is 96.9 Å². The van der Waals surface area contributed by atoms with Crippen molar-refractivity contribution >= 4 is 23.6 Å². The number of carboxylic acids is 1. The Kier molecular flexibility index (Phi) is 9.72. The Morgan fingerprint density at radius 2 is 1.93 bits per heavy atom. The first-order valence-corrected chi connectivity index (χ1v) is 15.3. The molecular weight excluding hydrogens is 550 g/mol. The number of amides is 3. The summed E-state index contributed by atoms with van der Waals surface area (Å²) in [7, 11) is 1.79. The number of nitrogens with two attached hydrogens (primary N) is 1. The van der Waals surface area contributed by atoms with Gasteiger partial charge < -0.3 is 35.0 Å². The van der Waals surface area contributed by atoms with E-state index >= 15 is 0 Å². The largest absolute Gasteiger partial charge is 0.481 e. The van der Waals surface area contributed by atoms with Gasteiger partial charge in [-0.3, -0.25) is 14.5 Å². The number of hydrogen-bond acceptors (Lipinski definition) is 7. The van der Waals surface area contributed by atoms with Crippen LogP contribution >= 0.6 is 0 Å². The van der Waals surface area contributed by atoms with Gasteiger partial charge in [0.2, 0.25) is 12.7 Å². The normalized spacial score (nSPS) is 21.8. The summed E-state index contributed by atoms with van der Waals surface area (Å²) in [4.78, 5) is 47.1. The fourth-order valence-corrected chi connectivity index (χ4v) is 6.59. The van der Waals surface area contributed by atoms with E-state index in [1.165, 1.54) is 0 Å². The zero-order valence-corrected chi connectivity index (χ0v) is 25.1. The molecule has 3 amide bonds. The zero-order valence-electron chi connectivity index (χ0n) is 25.1. The Hall–Kier alpha value is -3.83. The van der Waals surface area contributed by atoms with Crippen LogP contribution in [0.15, 0.2) is 42.5 Å². The monoisotopic (exact) mass is 593 g/mol. The second kappa shape index (κ2) is 13.6. The lowest BCUT2D eigenvalue weighted by molar-refractivity contribution is -0.143. The summed E-state index contributed by atoms with van der Waals surface area (Å²) in [6, 6.07) is 12.8. The van der Waals surface area contributed by atoms with Crippen LogP contribution in [0.2, 0.25) is 0 Å². The van der Waals surface area contributed by atoms with Crippen LogP contribution in [0.4, 0.5) is 10.5 Å². The Labute approximate surface area is 253 Å². The molecule has 0 saturated carbocycles. The van der Waals surface area contributed by atoms with Crippen molar-refractivity contribution in [3.8, 4) is 11.5 Å². The maximum atomic E-state index is 14.0. The van der Waals surface area contributed by atoms with E-state index in [4.69, 9.17) is 15.2 Å². The molecule has 11 heteroatoms. The van der Waals surface area contributed by atoms with Gasteiger partial charge in [-0.1, -0.05) is 31.5 Å².